The van der Waals surface area contributed by atoms with Gasteiger partial charge in [0.2, 0.25) is 0 Å². The van der Waals surface area contributed by atoms with Gasteiger partial charge in [-0.2, -0.15) is 0 Å². The first kappa shape index (κ1) is 16.0. The summed E-state index contributed by atoms with van der Waals surface area (Å²) in [4.78, 5) is 7.95. The molecule has 0 aliphatic heterocycles. The molecule has 3 N–H and O–H groups in total. The van der Waals surface area contributed by atoms with E-state index in [1.165, 1.54) is 4.88 Å². The Hall–Kier alpha value is -1.07. The average Bonchev–Trinajstić information content (AvgIpc) is 2.82. The van der Waals surface area contributed by atoms with Crippen LogP contribution in [0.2, 0.25) is 0 Å². The molecule has 108 valence electrons. The minimum atomic E-state index is 0.297. The quantitative estimate of drug-likeness (QED) is 0.596. The van der Waals surface area contributed by atoms with E-state index in [1.807, 2.05) is 0 Å². The summed E-state index contributed by atoms with van der Waals surface area (Å²) in [5.74, 6) is 1.23. The second-order valence-electron chi connectivity index (χ2n) is 5.33. The molecule has 0 radical (unpaired) electrons. The molecule has 1 heterocycles. The topological polar surface area (TPSA) is 53.6 Å². The second kappa shape index (κ2) is 8.17. The molecule has 0 spiro atoms. The Morgan fingerprint density at radius 2 is 2.21 bits per heavy atom. The van der Waals surface area contributed by atoms with Gasteiger partial charge in [-0.05, 0) is 37.9 Å². The monoisotopic (exact) mass is 282 g/mol. The summed E-state index contributed by atoms with van der Waals surface area (Å²) in [6, 6.07) is 4.52. The van der Waals surface area contributed by atoms with Crippen molar-refractivity contribution in [2.75, 3.05) is 27.2 Å². The molecular formula is C14H26N4S. The van der Waals surface area contributed by atoms with Crippen LogP contribution in [0.5, 0.6) is 0 Å². The summed E-state index contributed by atoms with van der Waals surface area (Å²) in [6.07, 6.45) is 1.11. The van der Waals surface area contributed by atoms with Crippen molar-refractivity contribution in [1.29, 1.82) is 0 Å². The van der Waals surface area contributed by atoms with Gasteiger partial charge in [-0.3, -0.25) is 4.99 Å². The second-order valence-corrected chi connectivity index (χ2v) is 6.31. The van der Waals surface area contributed by atoms with Crippen LogP contribution in [0.15, 0.2) is 22.5 Å². The Kier molecular flexibility index (Phi) is 6.87. The van der Waals surface area contributed by atoms with Gasteiger partial charge in [-0.1, -0.05) is 19.9 Å². The summed E-state index contributed by atoms with van der Waals surface area (Å²) in [5, 5.41) is 5.26. The predicted molar refractivity (Wildman–Crippen MR) is 84.7 cm³/mol. The number of likely N-dealkylation sites (N-methyl/N-ethyl adjacent to an activating group) is 1. The highest BCUT2D eigenvalue weighted by atomic mass is 32.1. The van der Waals surface area contributed by atoms with Gasteiger partial charge in [0, 0.05) is 11.4 Å². The molecule has 1 aromatic heterocycles. The van der Waals surface area contributed by atoms with E-state index in [-0.39, 0.29) is 0 Å². The summed E-state index contributed by atoms with van der Waals surface area (Å²) in [6.45, 7) is 5.98. The standard InChI is InChI=1S/C14H26N4S/c1-11(2)7-8-16-14(15)17-10-12(18(3)4)13-6-5-9-19-13/h5-6,9,11-12H,7-8,10H2,1-4H3,(H3,15,16,17). The van der Waals surface area contributed by atoms with Crippen LogP contribution >= 0.6 is 11.3 Å². The molecule has 0 fully saturated rings. The SMILES string of the molecule is CC(C)CCNC(N)=NCC(c1cccs1)N(C)C. The lowest BCUT2D eigenvalue weighted by Crippen LogP contribution is -2.34. The van der Waals surface area contributed by atoms with Crippen LogP contribution in [-0.2, 0) is 0 Å². The number of thiophene rings is 1. The number of nitrogens with two attached hydrogens (primary N) is 1. The maximum atomic E-state index is 5.89. The molecule has 0 saturated heterocycles. The first-order valence-electron chi connectivity index (χ1n) is 6.74. The van der Waals surface area contributed by atoms with Crippen LogP contribution in [0, 0.1) is 5.92 Å². The van der Waals surface area contributed by atoms with Crippen LogP contribution in [0.4, 0.5) is 0 Å². The molecule has 0 aromatic carbocycles. The van der Waals surface area contributed by atoms with Gasteiger partial charge in [0.1, 0.15) is 0 Å². The molecule has 1 unspecified atom stereocenters. The maximum absolute atomic E-state index is 5.89. The third kappa shape index (κ3) is 6.07. The average molecular weight is 282 g/mol. The van der Waals surface area contributed by atoms with E-state index in [0.29, 0.717) is 24.5 Å². The van der Waals surface area contributed by atoms with Crippen molar-refractivity contribution in [3.05, 3.63) is 22.4 Å². The van der Waals surface area contributed by atoms with Crippen molar-refractivity contribution < 1.29 is 0 Å². The van der Waals surface area contributed by atoms with Crippen LogP contribution in [0.3, 0.4) is 0 Å². The van der Waals surface area contributed by atoms with Gasteiger partial charge in [0.05, 0.1) is 12.6 Å². The lowest BCUT2D eigenvalue weighted by atomic mass is 10.1. The van der Waals surface area contributed by atoms with Gasteiger partial charge in [0.25, 0.3) is 0 Å². The molecule has 4 nitrogen and oxygen atoms in total. The summed E-state index contributed by atoms with van der Waals surface area (Å²) >= 11 is 1.76. The maximum Gasteiger partial charge on any atom is 0.188 e. The molecule has 1 aromatic rings. The fraction of sp³-hybridized carbons (Fsp3) is 0.643. The van der Waals surface area contributed by atoms with E-state index >= 15 is 0 Å². The number of nitrogens with one attached hydrogen (secondary N) is 1. The van der Waals surface area contributed by atoms with E-state index in [2.05, 4.69) is 60.7 Å². The Labute approximate surface area is 120 Å². The highest BCUT2D eigenvalue weighted by molar-refractivity contribution is 7.10. The lowest BCUT2D eigenvalue weighted by Gasteiger charge is -2.21. The highest BCUT2D eigenvalue weighted by Gasteiger charge is 2.14. The molecule has 0 saturated carbocycles. The molecular weight excluding hydrogens is 256 g/mol. The highest BCUT2D eigenvalue weighted by Crippen LogP contribution is 2.23. The smallest absolute Gasteiger partial charge is 0.188 e. The van der Waals surface area contributed by atoms with Crippen molar-refractivity contribution in [2.24, 2.45) is 16.6 Å². The van der Waals surface area contributed by atoms with E-state index in [0.717, 1.165) is 13.0 Å². The first-order valence-corrected chi connectivity index (χ1v) is 7.62. The minimum absolute atomic E-state index is 0.297. The Balaban J connectivity index is 2.47. The van der Waals surface area contributed by atoms with Crippen LogP contribution in [0.1, 0.15) is 31.2 Å². The number of aliphatic imine (C=N–C) groups is 1. The minimum Gasteiger partial charge on any atom is -0.370 e. The third-order valence-electron chi connectivity index (χ3n) is 2.96. The summed E-state index contributed by atoms with van der Waals surface area (Å²) < 4.78 is 0. The van der Waals surface area contributed by atoms with E-state index in [4.69, 9.17) is 5.73 Å². The predicted octanol–water partition coefficient (Wildman–Crippen LogP) is 2.30. The number of rotatable bonds is 7. The molecule has 1 atom stereocenters. The number of nitrogens with zero attached hydrogens (tertiary/aromatic N) is 2. The molecule has 5 heteroatoms. The van der Waals surface area contributed by atoms with Crippen molar-refractivity contribution in [3.8, 4) is 0 Å². The molecule has 19 heavy (non-hydrogen) atoms. The zero-order valence-corrected chi connectivity index (χ0v) is 13.2. The van der Waals surface area contributed by atoms with Gasteiger partial charge >= 0.3 is 0 Å². The zero-order valence-electron chi connectivity index (χ0n) is 12.4. The van der Waals surface area contributed by atoms with Crippen molar-refractivity contribution in [3.63, 3.8) is 0 Å². The molecule has 0 aliphatic carbocycles. The van der Waals surface area contributed by atoms with E-state index in [9.17, 15) is 0 Å². The lowest BCUT2D eigenvalue weighted by molar-refractivity contribution is 0.310. The van der Waals surface area contributed by atoms with E-state index < -0.39 is 0 Å². The van der Waals surface area contributed by atoms with Gasteiger partial charge in [0.15, 0.2) is 5.96 Å². The molecule has 0 bridgehead atoms. The van der Waals surface area contributed by atoms with Crippen molar-refractivity contribution >= 4 is 17.3 Å². The van der Waals surface area contributed by atoms with E-state index in [1.54, 1.807) is 11.3 Å². The first-order chi connectivity index (χ1) is 9.00. The number of guanidine groups is 1. The van der Waals surface area contributed by atoms with Gasteiger partial charge in [-0.15, -0.1) is 11.3 Å². The summed E-state index contributed by atoms with van der Waals surface area (Å²) in [7, 11) is 4.14. The molecule has 0 aliphatic rings. The fourth-order valence-electron chi connectivity index (χ4n) is 1.72. The van der Waals surface area contributed by atoms with Crippen LogP contribution in [-0.4, -0.2) is 38.0 Å². The Morgan fingerprint density at radius 3 is 2.74 bits per heavy atom. The molecule has 0 amide bonds. The van der Waals surface area contributed by atoms with Crippen LogP contribution in [0.25, 0.3) is 0 Å². The summed E-state index contributed by atoms with van der Waals surface area (Å²) in [5.41, 5.74) is 5.89. The molecule has 1 rings (SSSR count). The Morgan fingerprint density at radius 1 is 1.47 bits per heavy atom. The normalized spacial score (nSPS) is 14.1. The van der Waals surface area contributed by atoms with Crippen molar-refractivity contribution in [2.45, 2.75) is 26.3 Å². The van der Waals surface area contributed by atoms with Gasteiger partial charge < -0.3 is 16.0 Å². The van der Waals surface area contributed by atoms with Crippen LogP contribution < -0.4 is 11.1 Å². The van der Waals surface area contributed by atoms with Crippen molar-refractivity contribution in [1.82, 2.24) is 10.2 Å². The number of hydrogen-bond acceptors (Lipinski definition) is 3. The number of hydrogen-bond donors (Lipinski definition) is 2. The Bertz CT molecular complexity index is 371. The largest absolute Gasteiger partial charge is 0.370 e. The zero-order chi connectivity index (χ0) is 14.3. The third-order valence-corrected chi connectivity index (χ3v) is 3.93. The fourth-order valence-corrected chi connectivity index (χ4v) is 2.63. The van der Waals surface area contributed by atoms with Gasteiger partial charge in [-0.25, -0.2) is 0 Å².